The number of hydrogen-bond donors (Lipinski definition) is 0. The lowest BCUT2D eigenvalue weighted by Crippen LogP contribution is -2.20. The van der Waals surface area contributed by atoms with E-state index in [0.717, 1.165) is 0 Å². The maximum Gasteiger partial charge on any atom is 0.510 e. The highest BCUT2D eigenvalue weighted by molar-refractivity contribution is 5.59. The zero-order valence-corrected chi connectivity index (χ0v) is 8.40. The van der Waals surface area contributed by atoms with Gasteiger partial charge in [-0.25, -0.2) is 4.79 Å². The topological polar surface area (TPSA) is 54.0 Å². The smallest absolute Gasteiger partial charge is 0.438 e. The fourth-order valence-electron chi connectivity index (χ4n) is 0.489. The van der Waals surface area contributed by atoms with Gasteiger partial charge < -0.3 is 18.9 Å². The van der Waals surface area contributed by atoms with Crippen molar-refractivity contribution in [2.24, 2.45) is 0 Å². The highest BCUT2D eigenvalue weighted by Gasteiger charge is 2.08. The fraction of sp³-hybridized carbons (Fsp3) is 0.875. The number of carbonyl (C=O) groups is 1. The predicted molar refractivity (Wildman–Crippen MR) is 45.1 cm³/mol. The van der Waals surface area contributed by atoms with Crippen molar-refractivity contribution in [3.05, 3.63) is 0 Å². The summed E-state index contributed by atoms with van der Waals surface area (Å²) in [5.74, 6) is 0. The van der Waals surface area contributed by atoms with Crippen molar-refractivity contribution in [1.82, 2.24) is 0 Å². The first-order chi connectivity index (χ1) is 6.06. The summed E-state index contributed by atoms with van der Waals surface area (Å²) in [6, 6.07) is 0. The molecule has 0 radical (unpaired) electrons. The third kappa shape index (κ3) is 7.55. The quantitative estimate of drug-likeness (QED) is 0.488. The number of methoxy groups -OCH3 is 1. The van der Waals surface area contributed by atoms with Gasteiger partial charge in [-0.2, -0.15) is 0 Å². The number of ether oxygens (including phenoxy) is 4. The Hall–Kier alpha value is -0.810. The molecule has 0 aliphatic rings. The summed E-state index contributed by atoms with van der Waals surface area (Å²) >= 11 is 0. The predicted octanol–water partition coefficient (Wildman–Crippen LogP) is 1.51. The second-order valence-corrected chi connectivity index (χ2v) is 2.64. The molecule has 13 heavy (non-hydrogen) atoms. The molecule has 5 heteroatoms. The van der Waals surface area contributed by atoms with Crippen LogP contribution in [0.1, 0.15) is 20.8 Å². The fourth-order valence-corrected chi connectivity index (χ4v) is 0.489. The Morgan fingerprint density at radius 3 is 2.31 bits per heavy atom. The summed E-state index contributed by atoms with van der Waals surface area (Å²) in [7, 11) is 1.24. The molecule has 0 saturated heterocycles. The van der Waals surface area contributed by atoms with Crippen LogP contribution in [-0.2, 0) is 18.9 Å². The molecule has 0 amide bonds. The molecule has 0 heterocycles. The van der Waals surface area contributed by atoms with E-state index in [-0.39, 0.29) is 12.9 Å². The van der Waals surface area contributed by atoms with E-state index in [2.05, 4.69) is 9.47 Å². The molecule has 0 saturated carbocycles. The monoisotopic (exact) mass is 192 g/mol. The highest BCUT2D eigenvalue weighted by Crippen LogP contribution is 1.97. The summed E-state index contributed by atoms with van der Waals surface area (Å²) < 4.78 is 18.9. The summed E-state index contributed by atoms with van der Waals surface area (Å²) in [4.78, 5) is 10.6. The minimum atomic E-state index is -0.767. The molecule has 5 nitrogen and oxygen atoms in total. The van der Waals surface area contributed by atoms with Gasteiger partial charge in [-0.15, -0.1) is 0 Å². The van der Waals surface area contributed by atoms with Crippen LogP contribution in [-0.4, -0.2) is 32.5 Å². The lowest BCUT2D eigenvalue weighted by atomic mass is 10.5. The van der Waals surface area contributed by atoms with E-state index in [1.807, 2.05) is 13.8 Å². The van der Waals surface area contributed by atoms with E-state index in [1.54, 1.807) is 6.92 Å². The van der Waals surface area contributed by atoms with Crippen LogP contribution in [0, 0.1) is 0 Å². The van der Waals surface area contributed by atoms with Crippen LogP contribution in [0.25, 0.3) is 0 Å². The first-order valence-electron chi connectivity index (χ1n) is 4.04. The molecule has 0 aliphatic carbocycles. The van der Waals surface area contributed by atoms with Crippen LogP contribution in [0.4, 0.5) is 4.79 Å². The lowest BCUT2D eigenvalue weighted by molar-refractivity contribution is -0.178. The summed E-state index contributed by atoms with van der Waals surface area (Å²) in [6.45, 7) is 5.45. The van der Waals surface area contributed by atoms with Gasteiger partial charge in [0, 0.05) is 0 Å². The molecule has 1 atom stereocenters. The van der Waals surface area contributed by atoms with E-state index in [0.29, 0.717) is 0 Å². The van der Waals surface area contributed by atoms with Gasteiger partial charge in [0.05, 0.1) is 13.2 Å². The largest absolute Gasteiger partial charge is 0.510 e. The standard InChI is InChI=1S/C8H16O5/c1-6(2)11-5-12-7(3)13-8(9)10-4/h6-7H,5H2,1-4H3. The van der Waals surface area contributed by atoms with Gasteiger partial charge >= 0.3 is 6.16 Å². The highest BCUT2D eigenvalue weighted by atomic mass is 16.8. The first kappa shape index (κ1) is 12.2. The third-order valence-electron chi connectivity index (χ3n) is 1.13. The van der Waals surface area contributed by atoms with Crippen molar-refractivity contribution >= 4 is 6.16 Å². The van der Waals surface area contributed by atoms with Gasteiger partial charge in [0.1, 0.15) is 0 Å². The van der Waals surface area contributed by atoms with Crippen LogP contribution in [0.3, 0.4) is 0 Å². The Bertz CT molecular complexity index is 145. The van der Waals surface area contributed by atoms with Crippen LogP contribution in [0.5, 0.6) is 0 Å². The Balaban J connectivity index is 3.40. The zero-order valence-electron chi connectivity index (χ0n) is 8.40. The van der Waals surface area contributed by atoms with Gasteiger partial charge in [-0.1, -0.05) is 0 Å². The summed E-state index contributed by atoms with van der Waals surface area (Å²) in [5.41, 5.74) is 0. The molecule has 0 aromatic rings. The number of hydrogen-bond acceptors (Lipinski definition) is 5. The van der Waals surface area contributed by atoms with E-state index in [4.69, 9.17) is 9.47 Å². The van der Waals surface area contributed by atoms with E-state index < -0.39 is 12.4 Å². The maximum atomic E-state index is 10.6. The number of carbonyl (C=O) groups excluding carboxylic acids is 1. The van der Waals surface area contributed by atoms with Crippen LogP contribution in [0.15, 0.2) is 0 Å². The van der Waals surface area contributed by atoms with Gasteiger partial charge in [0.2, 0.25) is 6.29 Å². The van der Waals surface area contributed by atoms with E-state index in [9.17, 15) is 4.79 Å². The van der Waals surface area contributed by atoms with Crippen molar-refractivity contribution in [2.45, 2.75) is 33.2 Å². The second kappa shape index (κ2) is 6.68. The Kier molecular flexibility index (Phi) is 6.26. The van der Waals surface area contributed by atoms with Crippen LogP contribution < -0.4 is 0 Å². The van der Waals surface area contributed by atoms with Crippen LogP contribution in [0.2, 0.25) is 0 Å². The van der Waals surface area contributed by atoms with Crippen molar-refractivity contribution in [3.63, 3.8) is 0 Å². The Morgan fingerprint density at radius 1 is 1.23 bits per heavy atom. The summed E-state index contributed by atoms with van der Waals surface area (Å²) in [6.07, 6.45) is -1.34. The molecular weight excluding hydrogens is 176 g/mol. The molecule has 0 rings (SSSR count). The molecule has 0 aromatic heterocycles. The Morgan fingerprint density at radius 2 is 1.85 bits per heavy atom. The molecule has 78 valence electrons. The average molecular weight is 192 g/mol. The van der Waals surface area contributed by atoms with Gasteiger partial charge in [0.15, 0.2) is 6.79 Å². The minimum absolute atomic E-state index is 0.0883. The SMILES string of the molecule is COC(=O)OC(C)OCOC(C)C. The zero-order chi connectivity index (χ0) is 10.3. The maximum absolute atomic E-state index is 10.6. The molecule has 0 aromatic carbocycles. The van der Waals surface area contributed by atoms with Crippen molar-refractivity contribution < 1.29 is 23.7 Å². The van der Waals surface area contributed by atoms with Crippen molar-refractivity contribution in [3.8, 4) is 0 Å². The molecule has 0 bridgehead atoms. The average Bonchev–Trinajstić information content (AvgIpc) is 2.03. The Labute approximate surface area is 77.9 Å². The van der Waals surface area contributed by atoms with Crippen molar-refractivity contribution in [2.75, 3.05) is 13.9 Å². The van der Waals surface area contributed by atoms with Gasteiger partial charge in [-0.05, 0) is 20.8 Å². The van der Waals surface area contributed by atoms with E-state index in [1.165, 1.54) is 7.11 Å². The molecule has 1 unspecified atom stereocenters. The normalized spacial score (nSPS) is 12.7. The number of rotatable bonds is 5. The minimum Gasteiger partial charge on any atom is -0.438 e. The molecule has 0 fully saturated rings. The van der Waals surface area contributed by atoms with Gasteiger partial charge in [-0.3, -0.25) is 0 Å². The van der Waals surface area contributed by atoms with E-state index >= 15 is 0 Å². The van der Waals surface area contributed by atoms with Gasteiger partial charge in [0.25, 0.3) is 0 Å². The lowest BCUT2D eigenvalue weighted by Gasteiger charge is -2.14. The van der Waals surface area contributed by atoms with Crippen LogP contribution >= 0.6 is 0 Å². The molecule has 0 aliphatic heterocycles. The molecule has 0 spiro atoms. The molecule has 0 N–H and O–H groups in total. The third-order valence-corrected chi connectivity index (χ3v) is 1.13. The second-order valence-electron chi connectivity index (χ2n) is 2.64. The van der Waals surface area contributed by atoms with Crippen molar-refractivity contribution in [1.29, 1.82) is 0 Å². The summed E-state index contributed by atoms with van der Waals surface area (Å²) in [5, 5.41) is 0. The first-order valence-corrected chi connectivity index (χ1v) is 4.04. The molecular formula is C8H16O5.